The number of hydrogen-bond acceptors (Lipinski definition) is 4. The normalized spacial score (nSPS) is 11.2. The highest BCUT2D eigenvalue weighted by atomic mass is 16.3. The summed E-state index contributed by atoms with van der Waals surface area (Å²) in [6, 6.07) is 8.06. The van der Waals surface area contributed by atoms with Crippen LogP contribution in [-0.2, 0) is 20.2 Å². The lowest BCUT2D eigenvalue weighted by Crippen LogP contribution is -2.02. The summed E-state index contributed by atoms with van der Waals surface area (Å²) in [4.78, 5) is 0. The van der Waals surface area contributed by atoms with Gasteiger partial charge in [0.15, 0.2) is 0 Å². The molecule has 92 valence electrons. The van der Waals surface area contributed by atoms with Gasteiger partial charge in [-0.25, -0.2) is 4.68 Å². The predicted octanol–water partition coefficient (Wildman–Crippen LogP) is 0.705. The van der Waals surface area contributed by atoms with Crippen molar-refractivity contribution < 1.29 is 5.11 Å². The van der Waals surface area contributed by atoms with Crippen molar-refractivity contribution in [1.82, 2.24) is 24.8 Å². The zero-order valence-corrected chi connectivity index (χ0v) is 9.98. The Hall–Kier alpha value is -2.21. The molecule has 2 heterocycles. The number of aryl methyl sites for hydroxylation is 1. The summed E-state index contributed by atoms with van der Waals surface area (Å²) in [6.45, 7) is 0.456. The van der Waals surface area contributed by atoms with E-state index in [9.17, 15) is 0 Å². The first-order valence-corrected chi connectivity index (χ1v) is 5.68. The molecule has 0 amide bonds. The van der Waals surface area contributed by atoms with Gasteiger partial charge in [0, 0.05) is 12.4 Å². The fourth-order valence-corrected chi connectivity index (χ4v) is 2.05. The number of aromatic nitrogens is 5. The number of hydrogen-bond donors (Lipinski definition) is 1. The molecule has 6 heteroatoms. The Morgan fingerprint density at radius 3 is 2.89 bits per heavy atom. The Morgan fingerprint density at radius 1 is 1.28 bits per heavy atom. The number of fused-ring (bicyclic) bond motifs is 1. The molecule has 2 aromatic heterocycles. The van der Waals surface area contributed by atoms with Gasteiger partial charge in [0.05, 0.1) is 30.6 Å². The highest BCUT2D eigenvalue weighted by molar-refractivity contribution is 5.81. The van der Waals surface area contributed by atoms with E-state index >= 15 is 0 Å². The third kappa shape index (κ3) is 1.76. The van der Waals surface area contributed by atoms with E-state index < -0.39 is 0 Å². The SMILES string of the molecule is Cn1nc(Cn2cc(CO)nn2)c2ccccc21. The third-order valence-electron chi connectivity index (χ3n) is 2.89. The highest BCUT2D eigenvalue weighted by Gasteiger charge is 2.09. The topological polar surface area (TPSA) is 68.8 Å². The molecule has 0 unspecified atom stereocenters. The van der Waals surface area contributed by atoms with Crippen molar-refractivity contribution in [2.75, 3.05) is 0 Å². The molecule has 0 saturated carbocycles. The standard InChI is InChI=1S/C12H13N5O/c1-16-12-5-3-2-4-10(12)11(14-16)7-17-6-9(8-18)13-15-17/h2-6,18H,7-8H2,1H3. The Balaban J connectivity index is 1.99. The lowest BCUT2D eigenvalue weighted by Gasteiger charge is -1.96. The molecule has 0 saturated heterocycles. The quantitative estimate of drug-likeness (QED) is 0.735. The molecular formula is C12H13N5O. The number of aliphatic hydroxyl groups excluding tert-OH is 1. The summed E-state index contributed by atoms with van der Waals surface area (Å²) in [5.41, 5.74) is 2.60. The Labute approximate surface area is 103 Å². The van der Waals surface area contributed by atoms with Gasteiger partial charge >= 0.3 is 0 Å². The minimum Gasteiger partial charge on any atom is -0.390 e. The lowest BCUT2D eigenvalue weighted by atomic mass is 10.2. The van der Waals surface area contributed by atoms with E-state index in [1.54, 1.807) is 10.9 Å². The van der Waals surface area contributed by atoms with Crippen molar-refractivity contribution >= 4 is 10.9 Å². The molecule has 0 fully saturated rings. The van der Waals surface area contributed by atoms with Crippen LogP contribution < -0.4 is 0 Å². The lowest BCUT2D eigenvalue weighted by molar-refractivity contribution is 0.276. The number of rotatable bonds is 3. The molecule has 0 radical (unpaired) electrons. The molecule has 0 atom stereocenters. The van der Waals surface area contributed by atoms with Crippen molar-refractivity contribution in [2.24, 2.45) is 7.05 Å². The van der Waals surface area contributed by atoms with Gasteiger partial charge in [0.1, 0.15) is 5.69 Å². The van der Waals surface area contributed by atoms with E-state index in [1.807, 2.05) is 36.0 Å². The summed E-state index contributed by atoms with van der Waals surface area (Å²) in [5.74, 6) is 0. The number of nitrogens with zero attached hydrogens (tertiary/aromatic N) is 5. The van der Waals surface area contributed by atoms with Crippen molar-refractivity contribution in [2.45, 2.75) is 13.2 Å². The van der Waals surface area contributed by atoms with E-state index in [4.69, 9.17) is 5.11 Å². The number of aliphatic hydroxyl groups is 1. The van der Waals surface area contributed by atoms with Gasteiger partial charge in [-0.3, -0.25) is 4.68 Å². The average Bonchev–Trinajstić information content (AvgIpc) is 2.97. The molecule has 0 spiro atoms. The van der Waals surface area contributed by atoms with Crippen molar-refractivity contribution in [3.05, 3.63) is 41.9 Å². The van der Waals surface area contributed by atoms with Gasteiger partial charge < -0.3 is 5.11 Å². The first-order chi connectivity index (χ1) is 8.78. The fraction of sp³-hybridized carbons (Fsp3) is 0.250. The molecule has 6 nitrogen and oxygen atoms in total. The van der Waals surface area contributed by atoms with Crippen molar-refractivity contribution in [1.29, 1.82) is 0 Å². The summed E-state index contributed by atoms with van der Waals surface area (Å²) >= 11 is 0. The minimum absolute atomic E-state index is 0.0943. The van der Waals surface area contributed by atoms with Gasteiger partial charge in [0.2, 0.25) is 0 Å². The molecule has 3 aromatic rings. The second kappa shape index (κ2) is 4.23. The molecule has 0 aliphatic carbocycles. The Morgan fingerprint density at radius 2 is 2.11 bits per heavy atom. The number of benzene rings is 1. The summed E-state index contributed by atoms with van der Waals surface area (Å²) in [6.07, 6.45) is 1.73. The smallest absolute Gasteiger partial charge is 0.108 e. The summed E-state index contributed by atoms with van der Waals surface area (Å²) < 4.78 is 3.54. The monoisotopic (exact) mass is 243 g/mol. The van der Waals surface area contributed by atoms with Crippen LogP contribution in [0.2, 0.25) is 0 Å². The predicted molar refractivity (Wildman–Crippen MR) is 65.8 cm³/mol. The van der Waals surface area contributed by atoms with E-state index in [0.29, 0.717) is 12.2 Å². The molecule has 0 aliphatic rings. The van der Waals surface area contributed by atoms with Crippen LogP contribution in [0.3, 0.4) is 0 Å². The first kappa shape index (κ1) is 10.9. The van der Waals surface area contributed by atoms with Crippen LogP contribution in [-0.4, -0.2) is 29.9 Å². The zero-order chi connectivity index (χ0) is 12.5. The van der Waals surface area contributed by atoms with Crippen LogP contribution >= 0.6 is 0 Å². The molecule has 18 heavy (non-hydrogen) atoms. The van der Waals surface area contributed by atoms with Gasteiger partial charge in [-0.05, 0) is 6.07 Å². The Bertz CT molecular complexity index is 685. The van der Waals surface area contributed by atoms with Crippen molar-refractivity contribution in [3.63, 3.8) is 0 Å². The van der Waals surface area contributed by atoms with E-state index in [1.165, 1.54) is 0 Å². The largest absolute Gasteiger partial charge is 0.390 e. The molecule has 1 N–H and O–H groups in total. The minimum atomic E-state index is -0.0943. The van der Waals surface area contributed by atoms with Crippen LogP contribution in [0.4, 0.5) is 0 Å². The summed E-state index contributed by atoms with van der Waals surface area (Å²) in [5, 5.41) is 22.4. The maximum absolute atomic E-state index is 8.96. The van der Waals surface area contributed by atoms with Gasteiger partial charge in [-0.1, -0.05) is 23.4 Å². The first-order valence-electron chi connectivity index (χ1n) is 5.68. The molecule has 1 aromatic carbocycles. The second-order valence-electron chi connectivity index (χ2n) is 4.15. The van der Waals surface area contributed by atoms with E-state index in [-0.39, 0.29) is 6.61 Å². The van der Waals surface area contributed by atoms with Crippen LogP contribution in [0.25, 0.3) is 10.9 Å². The molecule has 0 bridgehead atoms. The van der Waals surface area contributed by atoms with E-state index in [0.717, 1.165) is 16.6 Å². The zero-order valence-electron chi connectivity index (χ0n) is 9.98. The number of para-hydroxylation sites is 1. The van der Waals surface area contributed by atoms with Crippen LogP contribution in [0.5, 0.6) is 0 Å². The summed E-state index contributed by atoms with van der Waals surface area (Å²) in [7, 11) is 1.92. The second-order valence-corrected chi connectivity index (χ2v) is 4.15. The van der Waals surface area contributed by atoms with Crippen LogP contribution in [0.1, 0.15) is 11.4 Å². The fourth-order valence-electron chi connectivity index (χ4n) is 2.05. The Kier molecular flexibility index (Phi) is 2.56. The maximum atomic E-state index is 8.96. The average molecular weight is 243 g/mol. The molecule has 3 rings (SSSR count). The van der Waals surface area contributed by atoms with Crippen LogP contribution in [0, 0.1) is 0 Å². The van der Waals surface area contributed by atoms with E-state index in [2.05, 4.69) is 15.4 Å². The maximum Gasteiger partial charge on any atom is 0.108 e. The molecule has 0 aliphatic heterocycles. The van der Waals surface area contributed by atoms with Gasteiger partial charge in [-0.15, -0.1) is 5.10 Å². The third-order valence-corrected chi connectivity index (χ3v) is 2.89. The van der Waals surface area contributed by atoms with Crippen molar-refractivity contribution in [3.8, 4) is 0 Å². The molecular weight excluding hydrogens is 230 g/mol. The van der Waals surface area contributed by atoms with Crippen LogP contribution in [0.15, 0.2) is 30.5 Å². The van der Waals surface area contributed by atoms with Gasteiger partial charge in [-0.2, -0.15) is 5.10 Å². The highest BCUT2D eigenvalue weighted by Crippen LogP contribution is 2.17. The van der Waals surface area contributed by atoms with Gasteiger partial charge in [0.25, 0.3) is 0 Å².